The van der Waals surface area contributed by atoms with Crippen LogP contribution in [0.5, 0.6) is 0 Å². The monoisotopic (exact) mass is 348 g/mol. The molecule has 0 N–H and O–H groups in total. The van der Waals surface area contributed by atoms with Crippen molar-refractivity contribution in [2.24, 2.45) is 5.92 Å². The molecule has 1 aliphatic heterocycles. The fourth-order valence-corrected chi connectivity index (χ4v) is 4.15. The largest absolute Gasteiger partial charge is 0.263 e. The first-order valence-electron chi connectivity index (χ1n) is 8.39. The highest BCUT2D eigenvalue weighted by Gasteiger charge is 2.28. The molecule has 1 aliphatic rings. The molecule has 3 rings (SSSR count). The summed E-state index contributed by atoms with van der Waals surface area (Å²) in [7, 11) is -3.07. The zero-order chi connectivity index (χ0) is 17.2. The fraction of sp³-hybridized carbons (Fsp3) is 0.529. The average molecular weight is 348 g/mol. The van der Waals surface area contributed by atoms with Crippen LogP contribution in [0.2, 0.25) is 0 Å². The maximum Gasteiger partial charge on any atom is 0.211 e. The van der Waals surface area contributed by atoms with Crippen LogP contribution in [0.15, 0.2) is 30.6 Å². The van der Waals surface area contributed by atoms with Gasteiger partial charge in [0.15, 0.2) is 0 Å². The maximum absolute atomic E-state index is 11.6. The molecular weight excluding hydrogens is 324 g/mol. The molecule has 0 aromatic carbocycles. The lowest BCUT2D eigenvalue weighted by Crippen LogP contribution is -2.27. The summed E-state index contributed by atoms with van der Waals surface area (Å²) >= 11 is 0. The zero-order valence-electron chi connectivity index (χ0n) is 14.2. The molecule has 0 bridgehead atoms. The maximum atomic E-state index is 11.6. The van der Waals surface area contributed by atoms with Crippen LogP contribution in [0.1, 0.15) is 25.3 Å². The highest BCUT2D eigenvalue weighted by atomic mass is 32.2. The van der Waals surface area contributed by atoms with Crippen LogP contribution in [0.25, 0.3) is 11.4 Å². The summed E-state index contributed by atoms with van der Waals surface area (Å²) in [5, 5.41) is 4.33. The third kappa shape index (κ3) is 3.84. The van der Waals surface area contributed by atoms with Crippen LogP contribution in [0.4, 0.5) is 0 Å². The van der Waals surface area contributed by atoms with Crippen LogP contribution >= 0.6 is 0 Å². The fourth-order valence-electron chi connectivity index (χ4n) is 3.24. The predicted molar refractivity (Wildman–Crippen MR) is 94.0 cm³/mol. The molecular formula is C17H24N4O2S. The van der Waals surface area contributed by atoms with Crippen molar-refractivity contribution in [3.8, 4) is 11.4 Å². The minimum atomic E-state index is -3.07. The molecule has 1 saturated heterocycles. The van der Waals surface area contributed by atoms with E-state index in [1.165, 1.54) is 6.26 Å². The summed E-state index contributed by atoms with van der Waals surface area (Å²) in [6.45, 7) is 4.26. The van der Waals surface area contributed by atoms with Crippen LogP contribution in [-0.2, 0) is 23.0 Å². The molecule has 0 unspecified atom stereocenters. The number of hydrogen-bond acceptors (Lipinski definition) is 4. The first kappa shape index (κ1) is 17.1. The van der Waals surface area contributed by atoms with E-state index in [0.29, 0.717) is 19.0 Å². The molecule has 130 valence electrons. The Bertz CT molecular complexity index is 783. The summed E-state index contributed by atoms with van der Waals surface area (Å²) in [5.74, 6) is 0.373. The Labute approximate surface area is 143 Å². The van der Waals surface area contributed by atoms with E-state index in [2.05, 4.69) is 23.1 Å². The van der Waals surface area contributed by atoms with Gasteiger partial charge in [0.2, 0.25) is 10.0 Å². The lowest BCUT2D eigenvalue weighted by Gasteiger charge is -2.13. The third-order valence-electron chi connectivity index (χ3n) is 4.48. The average Bonchev–Trinajstić information content (AvgIpc) is 3.18. The van der Waals surface area contributed by atoms with Gasteiger partial charge in [-0.2, -0.15) is 5.10 Å². The van der Waals surface area contributed by atoms with Gasteiger partial charge in [0.25, 0.3) is 0 Å². The zero-order valence-corrected chi connectivity index (χ0v) is 15.0. The molecule has 1 atom stereocenters. The first-order valence-corrected chi connectivity index (χ1v) is 10.2. The van der Waals surface area contributed by atoms with Crippen molar-refractivity contribution in [2.75, 3.05) is 19.3 Å². The van der Waals surface area contributed by atoms with Crippen molar-refractivity contribution < 1.29 is 8.42 Å². The predicted octanol–water partition coefficient (Wildman–Crippen LogP) is 2.18. The number of aryl methyl sites for hydroxylation is 1. The highest BCUT2D eigenvalue weighted by molar-refractivity contribution is 7.88. The van der Waals surface area contributed by atoms with Gasteiger partial charge in [-0.3, -0.25) is 9.67 Å². The smallest absolute Gasteiger partial charge is 0.211 e. The summed E-state index contributed by atoms with van der Waals surface area (Å²) in [4.78, 5) is 4.58. The quantitative estimate of drug-likeness (QED) is 0.802. The number of rotatable bonds is 6. The van der Waals surface area contributed by atoms with E-state index >= 15 is 0 Å². The van der Waals surface area contributed by atoms with E-state index in [1.807, 2.05) is 23.0 Å². The lowest BCUT2D eigenvalue weighted by molar-refractivity contribution is 0.460. The molecule has 7 heteroatoms. The normalized spacial score (nSPS) is 19.0. The first-order chi connectivity index (χ1) is 11.5. The molecule has 3 heterocycles. The van der Waals surface area contributed by atoms with Crippen molar-refractivity contribution in [3.63, 3.8) is 0 Å². The molecule has 0 spiro atoms. The molecule has 0 radical (unpaired) electrons. The van der Waals surface area contributed by atoms with Crippen molar-refractivity contribution in [1.82, 2.24) is 19.1 Å². The van der Waals surface area contributed by atoms with Gasteiger partial charge in [0, 0.05) is 32.0 Å². The van der Waals surface area contributed by atoms with Gasteiger partial charge in [-0.1, -0.05) is 13.0 Å². The van der Waals surface area contributed by atoms with Crippen LogP contribution < -0.4 is 0 Å². The van der Waals surface area contributed by atoms with Crippen molar-refractivity contribution >= 4 is 10.0 Å². The van der Waals surface area contributed by atoms with Crippen molar-refractivity contribution in [3.05, 3.63) is 36.2 Å². The summed E-state index contributed by atoms with van der Waals surface area (Å²) in [6.07, 6.45) is 7.81. The van der Waals surface area contributed by atoms with Crippen LogP contribution in [0.3, 0.4) is 0 Å². The van der Waals surface area contributed by atoms with E-state index in [9.17, 15) is 8.42 Å². The Kier molecular flexibility index (Phi) is 5.01. The number of pyridine rings is 1. The molecule has 0 aliphatic carbocycles. The van der Waals surface area contributed by atoms with Gasteiger partial charge < -0.3 is 0 Å². The highest BCUT2D eigenvalue weighted by Crippen LogP contribution is 2.23. The molecule has 1 fully saturated rings. The van der Waals surface area contributed by atoms with Crippen LogP contribution in [0, 0.1) is 5.92 Å². The summed E-state index contributed by atoms with van der Waals surface area (Å²) in [5.41, 5.74) is 3.11. The van der Waals surface area contributed by atoms with E-state index in [4.69, 9.17) is 0 Å². The Hall–Kier alpha value is -1.73. The minimum Gasteiger partial charge on any atom is -0.263 e. The van der Waals surface area contributed by atoms with E-state index in [1.54, 1.807) is 10.5 Å². The van der Waals surface area contributed by atoms with Gasteiger partial charge in [-0.25, -0.2) is 12.7 Å². The molecule has 0 amide bonds. The van der Waals surface area contributed by atoms with Crippen molar-refractivity contribution in [1.29, 1.82) is 0 Å². The number of hydrogen-bond donors (Lipinski definition) is 0. The van der Waals surface area contributed by atoms with Crippen LogP contribution in [-0.4, -0.2) is 46.8 Å². The summed E-state index contributed by atoms with van der Waals surface area (Å²) in [6, 6.07) is 6.11. The number of aromatic nitrogens is 3. The van der Waals surface area contributed by atoms with E-state index in [0.717, 1.165) is 42.8 Å². The minimum absolute atomic E-state index is 0.373. The number of sulfonamides is 1. The Morgan fingerprint density at radius 1 is 1.29 bits per heavy atom. The lowest BCUT2D eigenvalue weighted by atomic mass is 10.00. The van der Waals surface area contributed by atoms with E-state index < -0.39 is 10.0 Å². The second-order valence-corrected chi connectivity index (χ2v) is 8.45. The molecule has 2 aromatic heterocycles. The second kappa shape index (κ2) is 7.03. The Balaban J connectivity index is 1.66. The Morgan fingerprint density at radius 2 is 2.12 bits per heavy atom. The molecule has 6 nitrogen and oxygen atoms in total. The summed E-state index contributed by atoms with van der Waals surface area (Å²) < 4.78 is 26.7. The van der Waals surface area contributed by atoms with Gasteiger partial charge in [-0.05, 0) is 42.9 Å². The molecule has 2 aromatic rings. The van der Waals surface area contributed by atoms with Gasteiger partial charge in [0.1, 0.15) is 0 Å². The topological polar surface area (TPSA) is 68.1 Å². The molecule has 0 saturated carbocycles. The second-order valence-electron chi connectivity index (χ2n) is 6.47. The SMILES string of the molecule is CCCn1nccc1-c1ccc(C[C@@H]2CCN(S(C)(=O)=O)C2)cn1. The standard InChI is InChI=1S/C17H24N4O2S/c1-3-9-21-17(6-8-19-21)16-5-4-14(12-18-16)11-15-7-10-20(13-15)24(2,22)23/h4-6,8,12,15H,3,7,9-11,13H2,1-2H3/t15-/m0/s1. The molecule has 24 heavy (non-hydrogen) atoms. The van der Waals surface area contributed by atoms with Gasteiger partial charge in [0.05, 0.1) is 17.6 Å². The Morgan fingerprint density at radius 3 is 2.75 bits per heavy atom. The third-order valence-corrected chi connectivity index (χ3v) is 5.75. The number of nitrogens with zero attached hydrogens (tertiary/aromatic N) is 4. The van der Waals surface area contributed by atoms with E-state index in [-0.39, 0.29) is 0 Å². The van der Waals surface area contributed by atoms with Crippen molar-refractivity contribution in [2.45, 2.75) is 32.7 Å². The van der Waals surface area contributed by atoms with Gasteiger partial charge >= 0.3 is 0 Å². The van der Waals surface area contributed by atoms with Gasteiger partial charge in [-0.15, -0.1) is 0 Å².